The van der Waals surface area contributed by atoms with Crippen molar-refractivity contribution >= 4 is 12.7 Å². The van der Waals surface area contributed by atoms with Crippen molar-refractivity contribution in [1.29, 1.82) is 0 Å². The highest BCUT2D eigenvalue weighted by molar-refractivity contribution is 5.72. The van der Waals surface area contributed by atoms with Crippen LogP contribution in [0.25, 0.3) is 0 Å². The molecule has 0 heterocycles. The molecule has 0 aliphatic heterocycles. The second-order valence-electron chi connectivity index (χ2n) is 1.22. The van der Waals surface area contributed by atoms with E-state index in [0.717, 1.165) is 0 Å². The normalized spacial score (nSPS) is 12.1. The summed E-state index contributed by atoms with van der Waals surface area (Å²) in [4.78, 5) is 13.9. The number of nitrogens with zero attached hydrogens (tertiary/aromatic N) is 1. The molecule has 0 aliphatic rings. The van der Waals surface area contributed by atoms with Gasteiger partial charge in [-0.25, -0.2) is 9.18 Å². The first-order valence-corrected chi connectivity index (χ1v) is 2.13. The minimum atomic E-state index is -1.51. The SMILES string of the molecule is C=NOC(CF)C(=O)O. The zero-order chi connectivity index (χ0) is 7.28. The van der Waals surface area contributed by atoms with Crippen molar-refractivity contribution in [1.82, 2.24) is 0 Å². The number of aliphatic carboxylic acids is 1. The van der Waals surface area contributed by atoms with Gasteiger partial charge in [0.1, 0.15) is 6.67 Å². The highest BCUT2D eigenvalue weighted by Gasteiger charge is 2.17. The Bertz CT molecular complexity index is 116. The maximum absolute atomic E-state index is 11.5. The molecule has 9 heavy (non-hydrogen) atoms. The minimum Gasteiger partial charge on any atom is -0.478 e. The Morgan fingerprint density at radius 3 is 2.67 bits per heavy atom. The number of carboxylic acid groups (broad SMARTS) is 1. The minimum absolute atomic E-state index is 1.10. The summed E-state index contributed by atoms with van der Waals surface area (Å²) in [6.07, 6.45) is -1.51. The summed E-state index contributed by atoms with van der Waals surface area (Å²) in [5.74, 6) is -1.38. The summed E-state index contributed by atoms with van der Waals surface area (Å²) in [6.45, 7) is 1.73. The van der Waals surface area contributed by atoms with E-state index in [1.165, 1.54) is 0 Å². The molecule has 4 nitrogen and oxygen atoms in total. The van der Waals surface area contributed by atoms with E-state index in [1.807, 2.05) is 0 Å². The van der Waals surface area contributed by atoms with Crippen molar-refractivity contribution in [2.24, 2.45) is 5.16 Å². The van der Waals surface area contributed by atoms with E-state index in [2.05, 4.69) is 16.7 Å². The summed E-state index contributed by atoms with van der Waals surface area (Å²) < 4.78 is 11.5. The van der Waals surface area contributed by atoms with Gasteiger partial charge in [-0.05, 0) is 0 Å². The molecule has 0 amide bonds. The standard InChI is InChI=1S/C4H6FNO3/c1-6-9-3(2-5)4(7)8/h3H,1-2H2,(H,7,8). The van der Waals surface area contributed by atoms with E-state index in [9.17, 15) is 9.18 Å². The fourth-order valence-electron chi connectivity index (χ4n) is 0.229. The van der Waals surface area contributed by atoms with Crippen LogP contribution in [0.5, 0.6) is 0 Å². The molecule has 1 atom stereocenters. The van der Waals surface area contributed by atoms with Crippen molar-refractivity contribution < 1.29 is 19.1 Å². The van der Waals surface area contributed by atoms with Gasteiger partial charge in [0.2, 0.25) is 0 Å². The van der Waals surface area contributed by atoms with Crippen LogP contribution in [0.3, 0.4) is 0 Å². The van der Waals surface area contributed by atoms with E-state index in [0.29, 0.717) is 0 Å². The number of rotatable bonds is 4. The molecule has 0 aromatic heterocycles. The van der Waals surface area contributed by atoms with Gasteiger partial charge in [-0.2, -0.15) is 0 Å². The average Bonchev–Trinajstić information content (AvgIpc) is 1.82. The largest absolute Gasteiger partial charge is 0.478 e. The third-order valence-electron chi connectivity index (χ3n) is 0.617. The van der Waals surface area contributed by atoms with Crippen LogP contribution in [0.2, 0.25) is 0 Å². The number of alkyl halides is 1. The van der Waals surface area contributed by atoms with Gasteiger partial charge in [-0.15, -0.1) is 5.16 Å². The van der Waals surface area contributed by atoms with Gasteiger partial charge >= 0.3 is 5.97 Å². The molecule has 1 unspecified atom stereocenters. The third-order valence-corrected chi connectivity index (χ3v) is 0.617. The van der Waals surface area contributed by atoms with Gasteiger partial charge in [0.05, 0.1) is 0 Å². The third kappa shape index (κ3) is 2.63. The first-order valence-electron chi connectivity index (χ1n) is 2.13. The fourth-order valence-corrected chi connectivity index (χ4v) is 0.229. The van der Waals surface area contributed by atoms with Crippen LogP contribution in [0, 0.1) is 0 Å². The van der Waals surface area contributed by atoms with E-state index in [4.69, 9.17) is 5.11 Å². The number of hydrogen-bond acceptors (Lipinski definition) is 3. The predicted octanol–water partition coefficient (Wildman–Crippen LogP) is 0.0413. The molecule has 0 aliphatic carbocycles. The Labute approximate surface area is 50.9 Å². The molecular formula is C4H6FNO3. The molecule has 1 N–H and O–H groups in total. The maximum Gasteiger partial charge on any atom is 0.350 e. The molecule has 0 radical (unpaired) electrons. The summed E-state index contributed by atoms with van der Waals surface area (Å²) in [6, 6.07) is 0. The van der Waals surface area contributed by atoms with Gasteiger partial charge < -0.3 is 9.94 Å². The lowest BCUT2D eigenvalue weighted by Crippen LogP contribution is -2.23. The maximum atomic E-state index is 11.5. The van der Waals surface area contributed by atoms with Crippen molar-refractivity contribution in [2.45, 2.75) is 6.10 Å². The molecule has 0 saturated carbocycles. The Morgan fingerprint density at radius 1 is 2.00 bits per heavy atom. The van der Waals surface area contributed by atoms with Crippen LogP contribution in [-0.2, 0) is 9.63 Å². The molecule has 52 valence electrons. The Balaban J connectivity index is 3.67. The molecule has 0 saturated heterocycles. The Kier molecular flexibility index (Phi) is 3.34. The van der Waals surface area contributed by atoms with E-state index in [1.54, 1.807) is 0 Å². The van der Waals surface area contributed by atoms with Crippen molar-refractivity contribution in [3.8, 4) is 0 Å². The van der Waals surface area contributed by atoms with Crippen molar-refractivity contribution in [3.05, 3.63) is 0 Å². The lowest BCUT2D eigenvalue weighted by molar-refractivity contribution is -0.151. The van der Waals surface area contributed by atoms with Crippen LogP contribution in [-0.4, -0.2) is 30.6 Å². The first kappa shape index (κ1) is 7.87. The molecule has 0 fully saturated rings. The highest BCUT2D eigenvalue weighted by Crippen LogP contribution is 1.92. The molecule has 0 aromatic carbocycles. The van der Waals surface area contributed by atoms with Crippen LogP contribution >= 0.6 is 0 Å². The summed E-state index contributed by atoms with van der Waals surface area (Å²) >= 11 is 0. The predicted molar refractivity (Wildman–Crippen MR) is 28.0 cm³/mol. The lowest BCUT2D eigenvalue weighted by Gasteiger charge is -2.02. The number of hydrogen-bond donors (Lipinski definition) is 1. The molecule has 5 heteroatoms. The topological polar surface area (TPSA) is 58.9 Å². The highest BCUT2D eigenvalue weighted by atomic mass is 19.1. The quantitative estimate of drug-likeness (QED) is 0.437. The number of oxime groups is 1. The van der Waals surface area contributed by atoms with E-state index < -0.39 is 18.7 Å². The Morgan fingerprint density at radius 2 is 2.56 bits per heavy atom. The van der Waals surface area contributed by atoms with Crippen LogP contribution in [0.4, 0.5) is 4.39 Å². The fraction of sp³-hybridized carbons (Fsp3) is 0.500. The summed E-state index contributed by atoms with van der Waals surface area (Å²) in [7, 11) is 0. The molecular weight excluding hydrogens is 129 g/mol. The average molecular weight is 135 g/mol. The van der Waals surface area contributed by atoms with Crippen molar-refractivity contribution in [2.75, 3.05) is 6.67 Å². The Hall–Kier alpha value is -1.13. The zero-order valence-electron chi connectivity index (χ0n) is 4.58. The summed E-state index contributed by atoms with van der Waals surface area (Å²) in [5.41, 5.74) is 0. The van der Waals surface area contributed by atoms with Gasteiger partial charge in [-0.1, -0.05) is 0 Å². The second-order valence-corrected chi connectivity index (χ2v) is 1.22. The van der Waals surface area contributed by atoms with Gasteiger partial charge in [0, 0.05) is 6.72 Å². The lowest BCUT2D eigenvalue weighted by atomic mass is 10.4. The van der Waals surface area contributed by atoms with Crippen LogP contribution in [0.15, 0.2) is 5.16 Å². The van der Waals surface area contributed by atoms with E-state index in [-0.39, 0.29) is 0 Å². The molecule has 0 bridgehead atoms. The number of carbonyl (C=O) groups is 1. The number of carboxylic acids is 1. The van der Waals surface area contributed by atoms with Crippen LogP contribution in [0.1, 0.15) is 0 Å². The van der Waals surface area contributed by atoms with Crippen molar-refractivity contribution in [3.63, 3.8) is 0 Å². The molecule has 0 spiro atoms. The van der Waals surface area contributed by atoms with Gasteiger partial charge in [0.25, 0.3) is 6.10 Å². The van der Waals surface area contributed by atoms with Crippen LogP contribution < -0.4 is 0 Å². The van der Waals surface area contributed by atoms with Gasteiger partial charge in [0.15, 0.2) is 0 Å². The second kappa shape index (κ2) is 3.82. The molecule has 0 aromatic rings. The first-order chi connectivity index (χ1) is 4.22. The van der Waals surface area contributed by atoms with E-state index >= 15 is 0 Å². The molecule has 0 rings (SSSR count). The zero-order valence-corrected chi connectivity index (χ0v) is 4.58. The smallest absolute Gasteiger partial charge is 0.350 e. The monoisotopic (exact) mass is 135 g/mol. The summed E-state index contributed by atoms with van der Waals surface area (Å²) in [5, 5.41) is 10.8. The van der Waals surface area contributed by atoms with Gasteiger partial charge in [-0.3, -0.25) is 0 Å². The number of halogens is 1.